The van der Waals surface area contributed by atoms with E-state index in [0.717, 1.165) is 24.6 Å². The quantitative estimate of drug-likeness (QED) is 0.379. The van der Waals surface area contributed by atoms with Crippen molar-refractivity contribution in [2.75, 3.05) is 13.1 Å². The normalized spacial score (nSPS) is 11.6. The summed E-state index contributed by atoms with van der Waals surface area (Å²) in [5, 5.41) is 0. The number of hydrogen-bond donors (Lipinski definition) is 0. The molecule has 0 aliphatic carbocycles. The van der Waals surface area contributed by atoms with Gasteiger partial charge in [-0.25, -0.2) is 4.99 Å². The average Bonchev–Trinajstić information content (AvgIpc) is 2.72. The number of nitrogens with zero attached hydrogens (tertiary/aromatic N) is 2. The predicted octanol–water partition coefficient (Wildman–Crippen LogP) is 6.20. The van der Waals surface area contributed by atoms with Crippen LogP contribution in [0.5, 0.6) is 0 Å². The molecule has 3 aromatic rings. The molecule has 0 saturated heterocycles. The van der Waals surface area contributed by atoms with Crippen LogP contribution in [0.3, 0.4) is 0 Å². The van der Waals surface area contributed by atoms with Crippen LogP contribution in [0.25, 0.3) is 0 Å². The molecular formula is C25H28N2. The molecule has 0 saturated carbocycles. The summed E-state index contributed by atoms with van der Waals surface area (Å²) >= 11 is 0. The van der Waals surface area contributed by atoms with Gasteiger partial charge in [-0.05, 0) is 44.0 Å². The van der Waals surface area contributed by atoms with Crippen LogP contribution < -0.4 is 0 Å². The van der Waals surface area contributed by atoms with E-state index in [-0.39, 0.29) is 5.92 Å². The zero-order valence-electron chi connectivity index (χ0n) is 16.5. The summed E-state index contributed by atoms with van der Waals surface area (Å²) in [7, 11) is 0. The van der Waals surface area contributed by atoms with Crippen LogP contribution in [-0.2, 0) is 0 Å². The lowest BCUT2D eigenvalue weighted by Crippen LogP contribution is -2.35. The fraction of sp³-hybridized carbons (Fsp3) is 0.240. The third kappa shape index (κ3) is 4.65. The molecule has 0 fully saturated rings. The summed E-state index contributed by atoms with van der Waals surface area (Å²) in [5.41, 5.74) is 4.78. The number of likely N-dealkylation sites (N-methyl/N-ethyl adjacent to an activating group) is 1. The van der Waals surface area contributed by atoms with E-state index in [4.69, 9.17) is 4.99 Å². The summed E-state index contributed by atoms with van der Waals surface area (Å²) in [6.07, 6.45) is 0. The fourth-order valence-corrected chi connectivity index (χ4v) is 3.40. The third-order valence-corrected chi connectivity index (χ3v) is 4.89. The van der Waals surface area contributed by atoms with E-state index in [0.29, 0.717) is 0 Å². The van der Waals surface area contributed by atoms with Crippen molar-refractivity contribution in [2.45, 2.75) is 26.7 Å². The van der Waals surface area contributed by atoms with Gasteiger partial charge in [0.25, 0.3) is 0 Å². The van der Waals surface area contributed by atoms with Crippen LogP contribution in [0.2, 0.25) is 0 Å². The topological polar surface area (TPSA) is 15.6 Å². The van der Waals surface area contributed by atoms with Crippen molar-refractivity contribution in [3.8, 4) is 0 Å². The van der Waals surface area contributed by atoms with Gasteiger partial charge in [0, 0.05) is 13.1 Å². The number of aliphatic imine (C=N–C) groups is 1. The molecule has 0 amide bonds. The molecular weight excluding hydrogens is 328 g/mol. The highest BCUT2D eigenvalue weighted by Crippen LogP contribution is 2.29. The van der Waals surface area contributed by atoms with Crippen molar-refractivity contribution in [2.24, 2.45) is 4.99 Å². The molecule has 0 bridgehead atoms. The first kappa shape index (κ1) is 18.9. The van der Waals surface area contributed by atoms with Gasteiger partial charge in [0.05, 0.1) is 11.6 Å². The summed E-state index contributed by atoms with van der Waals surface area (Å²) in [4.78, 5) is 7.50. The fourth-order valence-electron chi connectivity index (χ4n) is 3.40. The Bertz CT molecular complexity index is 808. The molecule has 0 aliphatic heterocycles. The number of benzene rings is 3. The molecule has 0 atom stereocenters. The minimum absolute atomic E-state index is 0.105. The molecule has 0 N–H and O–H groups in total. The molecule has 3 aromatic carbocycles. The Morgan fingerprint density at radius 1 is 0.741 bits per heavy atom. The van der Waals surface area contributed by atoms with E-state index in [1.807, 2.05) is 0 Å². The van der Waals surface area contributed by atoms with Gasteiger partial charge < -0.3 is 4.90 Å². The van der Waals surface area contributed by atoms with Crippen LogP contribution >= 0.6 is 0 Å². The number of aryl methyl sites for hydroxylation is 1. The summed E-state index contributed by atoms with van der Waals surface area (Å²) in [6, 6.07) is 29.8. The molecule has 0 heterocycles. The molecule has 0 spiro atoms. The van der Waals surface area contributed by atoms with Crippen molar-refractivity contribution < 1.29 is 0 Å². The Labute approximate surface area is 163 Å². The highest BCUT2D eigenvalue weighted by atomic mass is 15.2. The number of hydrogen-bond acceptors (Lipinski definition) is 1. The van der Waals surface area contributed by atoms with Gasteiger partial charge in [0.1, 0.15) is 5.84 Å². The highest BCUT2D eigenvalue weighted by Gasteiger charge is 2.24. The third-order valence-electron chi connectivity index (χ3n) is 4.89. The molecule has 3 rings (SSSR count). The molecule has 138 valence electrons. The molecule has 2 heteroatoms. The van der Waals surface area contributed by atoms with Crippen LogP contribution in [0.1, 0.15) is 36.5 Å². The van der Waals surface area contributed by atoms with Crippen molar-refractivity contribution in [3.05, 3.63) is 102 Å². The standard InChI is InChI=1S/C25H28N2/c1-4-27(5-2)25(26-23-18-16-20(3)17-19-23)24(21-12-8-6-9-13-21)22-14-10-7-11-15-22/h6-19,24H,4-5H2,1-3H3. The van der Waals surface area contributed by atoms with Gasteiger partial charge in [0.2, 0.25) is 0 Å². The lowest BCUT2D eigenvalue weighted by atomic mass is 9.89. The zero-order chi connectivity index (χ0) is 19.1. The van der Waals surface area contributed by atoms with Gasteiger partial charge in [0.15, 0.2) is 0 Å². The maximum atomic E-state index is 5.14. The first-order valence-electron chi connectivity index (χ1n) is 9.73. The largest absolute Gasteiger partial charge is 0.360 e. The van der Waals surface area contributed by atoms with Crippen LogP contribution in [0, 0.1) is 6.92 Å². The first-order chi connectivity index (χ1) is 13.2. The zero-order valence-corrected chi connectivity index (χ0v) is 16.5. The Morgan fingerprint density at radius 3 is 1.67 bits per heavy atom. The minimum Gasteiger partial charge on any atom is -0.360 e. The predicted molar refractivity (Wildman–Crippen MR) is 116 cm³/mol. The lowest BCUT2D eigenvalue weighted by Gasteiger charge is -2.30. The monoisotopic (exact) mass is 356 g/mol. The molecule has 0 radical (unpaired) electrons. The van der Waals surface area contributed by atoms with Gasteiger partial charge in [-0.1, -0.05) is 78.4 Å². The summed E-state index contributed by atoms with van der Waals surface area (Å²) in [6.45, 7) is 8.35. The average molecular weight is 357 g/mol. The molecule has 27 heavy (non-hydrogen) atoms. The van der Waals surface area contributed by atoms with Gasteiger partial charge in [-0.2, -0.15) is 0 Å². The van der Waals surface area contributed by atoms with E-state index in [1.54, 1.807) is 0 Å². The van der Waals surface area contributed by atoms with Gasteiger partial charge >= 0.3 is 0 Å². The van der Waals surface area contributed by atoms with Crippen molar-refractivity contribution in [1.29, 1.82) is 0 Å². The van der Waals surface area contributed by atoms with Crippen molar-refractivity contribution in [3.63, 3.8) is 0 Å². The molecule has 0 aliphatic rings. The Kier molecular flexibility index (Phi) is 6.43. The second-order valence-corrected chi connectivity index (χ2v) is 6.73. The van der Waals surface area contributed by atoms with E-state index >= 15 is 0 Å². The Morgan fingerprint density at radius 2 is 1.22 bits per heavy atom. The number of rotatable bonds is 6. The van der Waals surface area contributed by atoms with Gasteiger partial charge in [-0.3, -0.25) is 0 Å². The molecule has 2 nitrogen and oxygen atoms in total. The van der Waals surface area contributed by atoms with Crippen LogP contribution in [0.15, 0.2) is 89.9 Å². The van der Waals surface area contributed by atoms with Gasteiger partial charge in [-0.15, -0.1) is 0 Å². The van der Waals surface area contributed by atoms with E-state index in [1.165, 1.54) is 16.7 Å². The van der Waals surface area contributed by atoms with Crippen molar-refractivity contribution >= 4 is 11.5 Å². The molecule has 0 unspecified atom stereocenters. The Hall–Kier alpha value is -2.87. The van der Waals surface area contributed by atoms with Crippen molar-refractivity contribution in [1.82, 2.24) is 4.90 Å². The second-order valence-electron chi connectivity index (χ2n) is 6.73. The first-order valence-corrected chi connectivity index (χ1v) is 9.73. The van der Waals surface area contributed by atoms with E-state index in [2.05, 4.69) is 111 Å². The van der Waals surface area contributed by atoms with E-state index < -0.39 is 0 Å². The SMILES string of the molecule is CCN(CC)C(=Nc1ccc(C)cc1)C(c1ccccc1)c1ccccc1. The maximum Gasteiger partial charge on any atom is 0.117 e. The summed E-state index contributed by atoms with van der Waals surface area (Å²) in [5.74, 6) is 1.20. The van der Waals surface area contributed by atoms with E-state index in [9.17, 15) is 0 Å². The highest BCUT2D eigenvalue weighted by molar-refractivity contribution is 5.94. The minimum atomic E-state index is 0.105. The maximum absolute atomic E-state index is 5.14. The second kappa shape index (κ2) is 9.18. The Balaban J connectivity index is 2.17. The smallest absolute Gasteiger partial charge is 0.117 e. The number of amidine groups is 1. The summed E-state index contributed by atoms with van der Waals surface area (Å²) < 4.78 is 0. The lowest BCUT2D eigenvalue weighted by molar-refractivity contribution is 0.453. The van der Waals surface area contributed by atoms with Crippen LogP contribution in [0.4, 0.5) is 5.69 Å². The molecule has 0 aromatic heterocycles. The van der Waals surface area contributed by atoms with Crippen LogP contribution in [-0.4, -0.2) is 23.8 Å².